The van der Waals surface area contributed by atoms with Gasteiger partial charge in [0.1, 0.15) is 11.8 Å². The molecule has 6 nitrogen and oxygen atoms in total. The molecule has 2 aliphatic heterocycles. The maximum absolute atomic E-state index is 13.3. The second-order valence-electron chi connectivity index (χ2n) is 7.77. The lowest BCUT2D eigenvalue weighted by molar-refractivity contribution is -0.157. The van der Waals surface area contributed by atoms with Gasteiger partial charge in [0.2, 0.25) is 5.91 Å². The molecule has 4 rings (SSSR count). The summed E-state index contributed by atoms with van der Waals surface area (Å²) in [5.74, 6) is 2.11. The Morgan fingerprint density at radius 1 is 1.27 bits per heavy atom. The zero-order valence-corrected chi connectivity index (χ0v) is 19.0. The molecular weight excluding hydrogens is 420 g/mol. The van der Waals surface area contributed by atoms with E-state index in [4.69, 9.17) is 9.47 Å². The molecule has 0 bridgehead atoms. The fraction of sp³-hybridized carbons (Fsp3) is 0.545. The second-order valence-corrected chi connectivity index (χ2v) is 9.90. The lowest BCUT2D eigenvalue weighted by Crippen LogP contribution is -2.54. The van der Waals surface area contributed by atoms with E-state index >= 15 is 0 Å². The third-order valence-corrected chi connectivity index (χ3v) is 8.22. The van der Waals surface area contributed by atoms with E-state index in [2.05, 4.69) is 29.6 Å². The van der Waals surface area contributed by atoms with Crippen molar-refractivity contribution in [3.05, 3.63) is 41.0 Å². The van der Waals surface area contributed by atoms with Crippen LogP contribution in [0.2, 0.25) is 0 Å². The first-order valence-corrected chi connectivity index (χ1v) is 12.4. The highest BCUT2D eigenvalue weighted by Crippen LogP contribution is 2.32. The first-order valence-electron chi connectivity index (χ1n) is 10.2. The maximum atomic E-state index is 13.3. The molecule has 30 heavy (non-hydrogen) atoms. The number of hydrogen-bond acceptors (Lipinski definition) is 7. The highest BCUT2D eigenvalue weighted by molar-refractivity contribution is 8.01. The highest BCUT2D eigenvalue weighted by atomic mass is 32.2. The molecule has 1 N–H and O–H groups in total. The number of nitrogens with zero attached hydrogens (tertiary/aromatic N) is 1. The Labute approximate surface area is 186 Å². The quantitative estimate of drug-likeness (QED) is 0.613. The Bertz CT molecular complexity index is 827. The lowest BCUT2D eigenvalue weighted by atomic mass is 10.0. The van der Waals surface area contributed by atoms with Gasteiger partial charge in [-0.2, -0.15) is 0 Å². The summed E-state index contributed by atoms with van der Waals surface area (Å²) in [7, 11) is 3.18. The molecule has 1 aliphatic carbocycles. The zero-order valence-electron chi connectivity index (χ0n) is 17.3. The van der Waals surface area contributed by atoms with Crippen molar-refractivity contribution in [3.8, 4) is 0 Å². The van der Waals surface area contributed by atoms with Crippen LogP contribution >= 0.6 is 23.5 Å². The zero-order chi connectivity index (χ0) is 21.1. The smallest absolute Gasteiger partial charge is 0.242 e. The molecular formula is C22H28N2O4S2. The van der Waals surface area contributed by atoms with Gasteiger partial charge in [0, 0.05) is 32.3 Å². The predicted molar refractivity (Wildman–Crippen MR) is 121 cm³/mol. The van der Waals surface area contributed by atoms with Gasteiger partial charge in [0.25, 0.3) is 0 Å². The summed E-state index contributed by atoms with van der Waals surface area (Å²) >= 11 is 3.23. The molecule has 3 atom stereocenters. The molecule has 2 heterocycles. The van der Waals surface area contributed by atoms with Crippen molar-refractivity contribution in [2.24, 2.45) is 0 Å². The van der Waals surface area contributed by atoms with Crippen LogP contribution in [0.5, 0.6) is 0 Å². The number of Topliss-reactive ketones (excluding diaryl/α,β-unsaturated/α-hetero) is 1. The average Bonchev–Trinajstić information content (AvgIpc) is 3.51. The van der Waals surface area contributed by atoms with Crippen molar-refractivity contribution in [2.75, 3.05) is 31.7 Å². The number of ketones is 1. The molecule has 3 aliphatic rings. The number of methoxy groups -OCH3 is 2. The van der Waals surface area contributed by atoms with E-state index in [9.17, 15) is 9.59 Å². The minimum Gasteiger partial charge on any atom is -0.354 e. The number of carbonyl (C=O) groups excluding carboxylic acids is 2. The molecule has 0 aromatic heterocycles. The number of amides is 1. The van der Waals surface area contributed by atoms with Crippen LogP contribution in [0, 0.1) is 0 Å². The van der Waals surface area contributed by atoms with E-state index in [0.717, 1.165) is 18.6 Å². The Kier molecular flexibility index (Phi) is 7.20. The van der Waals surface area contributed by atoms with Gasteiger partial charge in [0.05, 0.1) is 17.2 Å². The lowest BCUT2D eigenvalue weighted by Gasteiger charge is -2.31. The van der Waals surface area contributed by atoms with Crippen LogP contribution < -0.4 is 5.32 Å². The predicted octanol–water partition coefficient (Wildman–Crippen LogP) is 2.53. The Morgan fingerprint density at radius 2 is 2.07 bits per heavy atom. The third kappa shape index (κ3) is 4.48. The highest BCUT2D eigenvalue weighted by Gasteiger charge is 2.44. The van der Waals surface area contributed by atoms with Gasteiger partial charge in [-0.05, 0) is 24.0 Å². The number of fused-ring (bicyclic) bond motifs is 1. The molecule has 0 spiro atoms. The second kappa shape index (κ2) is 9.87. The molecule has 0 saturated carbocycles. The number of benzene rings is 1. The maximum Gasteiger partial charge on any atom is 0.242 e. The van der Waals surface area contributed by atoms with Crippen LogP contribution in [0.4, 0.5) is 0 Å². The van der Waals surface area contributed by atoms with Crippen molar-refractivity contribution < 1.29 is 19.1 Å². The number of rotatable bonds is 8. The van der Waals surface area contributed by atoms with E-state index < -0.39 is 12.3 Å². The molecule has 2 fully saturated rings. The molecule has 1 unspecified atom stereocenters. The minimum absolute atomic E-state index is 0.0278. The van der Waals surface area contributed by atoms with E-state index in [1.165, 1.54) is 28.5 Å². The van der Waals surface area contributed by atoms with E-state index in [0.29, 0.717) is 18.2 Å². The van der Waals surface area contributed by atoms with Gasteiger partial charge in [-0.25, -0.2) is 0 Å². The van der Waals surface area contributed by atoms with Crippen LogP contribution in [-0.4, -0.2) is 71.9 Å². The van der Waals surface area contributed by atoms with Crippen molar-refractivity contribution >= 4 is 41.3 Å². The number of ether oxygens (including phenoxy) is 2. The monoisotopic (exact) mass is 448 g/mol. The van der Waals surface area contributed by atoms with Crippen LogP contribution in [0.15, 0.2) is 29.8 Å². The molecule has 162 valence electrons. The van der Waals surface area contributed by atoms with Gasteiger partial charge in [-0.1, -0.05) is 35.9 Å². The fourth-order valence-corrected chi connectivity index (χ4v) is 6.73. The fourth-order valence-electron chi connectivity index (χ4n) is 4.36. The Morgan fingerprint density at radius 3 is 2.83 bits per heavy atom. The van der Waals surface area contributed by atoms with Gasteiger partial charge in [-0.3, -0.25) is 14.9 Å². The summed E-state index contributed by atoms with van der Waals surface area (Å²) in [5, 5.41) is 2.91. The molecule has 2 saturated heterocycles. The first-order chi connectivity index (χ1) is 14.6. The van der Waals surface area contributed by atoms with Crippen LogP contribution in [0.1, 0.15) is 24.0 Å². The Balaban J connectivity index is 1.36. The summed E-state index contributed by atoms with van der Waals surface area (Å²) < 4.78 is 10.8. The van der Waals surface area contributed by atoms with Crippen molar-refractivity contribution in [3.63, 3.8) is 0 Å². The average molecular weight is 449 g/mol. The molecule has 8 heteroatoms. The topological polar surface area (TPSA) is 67.9 Å². The summed E-state index contributed by atoms with van der Waals surface area (Å²) in [5.41, 5.74) is 3.88. The summed E-state index contributed by atoms with van der Waals surface area (Å²) in [6.07, 6.45) is 3.89. The minimum atomic E-state index is -0.479. The molecule has 0 radical (unpaired) electrons. The molecule has 1 aromatic rings. The van der Waals surface area contributed by atoms with Crippen molar-refractivity contribution in [1.82, 2.24) is 10.2 Å². The van der Waals surface area contributed by atoms with Gasteiger partial charge in [-0.15, -0.1) is 23.5 Å². The van der Waals surface area contributed by atoms with E-state index in [-0.39, 0.29) is 23.0 Å². The van der Waals surface area contributed by atoms with Crippen LogP contribution in [-0.2, 0) is 25.5 Å². The molecule has 1 amide bonds. The van der Waals surface area contributed by atoms with Crippen molar-refractivity contribution in [2.45, 2.75) is 42.9 Å². The van der Waals surface area contributed by atoms with Gasteiger partial charge >= 0.3 is 0 Å². The third-order valence-electron chi connectivity index (χ3n) is 5.96. The van der Waals surface area contributed by atoms with Gasteiger partial charge < -0.3 is 14.4 Å². The normalized spacial score (nSPS) is 25.6. The van der Waals surface area contributed by atoms with Crippen LogP contribution in [0.3, 0.4) is 0 Å². The SMILES string of the molecule is COC(OC)[C@@H]1CSCN1C(=O)[C@H]1NCSC1C(=O)CCC1=Cc2ccccc2C1. The first kappa shape index (κ1) is 21.9. The van der Waals surface area contributed by atoms with Crippen LogP contribution in [0.25, 0.3) is 6.08 Å². The van der Waals surface area contributed by atoms with E-state index in [1.54, 1.807) is 26.0 Å². The van der Waals surface area contributed by atoms with E-state index in [1.807, 2.05) is 11.0 Å². The number of nitrogens with one attached hydrogen (secondary N) is 1. The molecule has 1 aromatic carbocycles. The standard InChI is InChI=1S/C22H28N2O4S2/c1-27-22(28-2)17-11-29-13-24(17)21(26)19-20(30-12-23-19)18(25)8-7-14-9-15-5-3-4-6-16(15)10-14/h3-6,9,17,19-20,22-23H,7-8,10-13H2,1-2H3/t17-,19-,20?/m0/s1. The summed E-state index contributed by atoms with van der Waals surface area (Å²) in [6.45, 7) is 0. The van der Waals surface area contributed by atoms with Gasteiger partial charge in [0.15, 0.2) is 6.29 Å². The number of allylic oxidation sites excluding steroid dienone is 1. The number of hydrogen-bond donors (Lipinski definition) is 1. The number of carbonyl (C=O) groups is 2. The number of thioether (sulfide) groups is 2. The largest absolute Gasteiger partial charge is 0.354 e. The Hall–Kier alpha value is -1.32. The summed E-state index contributed by atoms with van der Waals surface area (Å²) in [4.78, 5) is 28.1. The summed E-state index contributed by atoms with van der Waals surface area (Å²) in [6, 6.07) is 7.74. The van der Waals surface area contributed by atoms with Crippen molar-refractivity contribution in [1.29, 1.82) is 0 Å².